The summed E-state index contributed by atoms with van der Waals surface area (Å²) >= 11 is 0. The minimum atomic E-state index is -0.483. The lowest BCUT2D eigenvalue weighted by molar-refractivity contribution is 0.323. The quantitative estimate of drug-likeness (QED) is 0.0871. The van der Waals surface area contributed by atoms with Gasteiger partial charge in [0.2, 0.25) is 0 Å². The van der Waals surface area contributed by atoms with Gasteiger partial charge in [-0.2, -0.15) is 0 Å². The van der Waals surface area contributed by atoms with Gasteiger partial charge < -0.3 is 4.90 Å². The van der Waals surface area contributed by atoms with E-state index >= 15 is 0 Å². The SMILES string of the molecule is C=CC(C=C)=C(C=C)C(=C)N(C/C=C(\C=C/C)c1ccc2c(c1)C=CC1C=CC=CC21)C(C=C)CC1=Cc2ccccc2C1(c1ccccc1)c1ccccc1. The maximum atomic E-state index is 4.74. The van der Waals surface area contributed by atoms with Crippen molar-refractivity contribution in [3.63, 3.8) is 0 Å². The Balaban J connectivity index is 1.33. The van der Waals surface area contributed by atoms with Crippen LogP contribution in [0.5, 0.6) is 0 Å². The Labute approximate surface area is 334 Å². The molecule has 0 aliphatic heterocycles. The van der Waals surface area contributed by atoms with Gasteiger partial charge in [0.05, 0.1) is 11.5 Å². The summed E-state index contributed by atoms with van der Waals surface area (Å²) in [5.74, 6) is 0.783. The summed E-state index contributed by atoms with van der Waals surface area (Å²) in [6, 6.07) is 37.5. The second-order valence-corrected chi connectivity index (χ2v) is 14.6. The summed E-state index contributed by atoms with van der Waals surface area (Å²) in [6.45, 7) is 24.3. The van der Waals surface area contributed by atoms with Gasteiger partial charge in [-0.05, 0) is 75.1 Å². The normalized spacial score (nSPS) is 17.9. The van der Waals surface area contributed by atoms with E-state index in [4.69, 9.17) is 6.58 Å². The van der Waals surface area contributed by atoms with Crippen molar-refractivity contribution in [3.05, 3.63) is 270 Å². The minimum Gasteiger partial charge on any atom is -0.361 e. The molecule has 7 rings (SSSR count). The first-order chi connectivity index (χ1) is 27.5. The molecular formula is C55H51N. The molecule has 0 saturated heterocycles. The zero-order valence-corrected chi connectivity index (χ0v) is 32.5. The fourth-order valence-electron chi connectivity index (χ4n) is 8.92. The van der Waals surface area contributed by atoms with Crippen molar-refractivity contribution in [2.45, 2.75) is 30.7 Å². The molecule has 0 radical (unpaired) electrons. The monoisotopic (exact) mass is 725 g/mol. The first kappa shape index (κ1) is 37.9. The van der Waals surface area contributed by atoms with Crippen LogP contribution in [0.1, 0.15) is 58.2 Å². The van der Waals surface area contributed by atoms with Crippen LogP contribution >= 0.6 is 0 Å². The lowest BCUT2D eigenvalue weighted by Crippen LogP contribution is -2.37. The van der Waals surface area contributed by atoms with E-state index in [1.165, 1.54) is 44.5 Å². The summed E-state index contributed by atoms with van der Waals surface area (Å²) in [5, 5.41) is 0. The van der Waals surface area contributed by atoms with Crippen LogP contribution in [0.15, 0.2) is 231 Å². The molecule has 3 aliphatic rings. The number of hydrogen-bond acceptors (Lipinski definition) is 1. The second-order valence-electron chi connectivity index (χ2n) is 14.6. The molecule has 276 valence electrons. The Morgan fingerprint density at radius 1 is 0.768 bits per heavy atom. The van der Waals surface area contributed by atoms with Crippen molar-refractivity contribution in [1.82, 2.24) is 4.90 Å². The molecule has 0 aromatic heterocycles. The largest absolute Gasteiger partial charge is 0.361 e. The Morgan fingerprint density at radius 2 is 1.45 bits per heavy atom. The number of nitrogens with zero attached hydrogens (tertiary/aromatic N) is 1. The minimum absolute atomic E-state index is 0.127. The van der Waals surface area contributed by atoms with Crippen LogP contribution in [-0.2, 0) is 5.41 Å². The molecule has 0 N–H and O–H groups in total. The van der Waals surface area contributed by atoms with Crippen molar-refractivity contribution in [1.29, 1.82) is 0 Å². The van der Waals surface area contributed by atoms with Gasteiger partial charge in [-0.15, -0.1) is 6.58 Å². The summed E-state index contributed by atoms with van der Waals surface area (Å²) in [7, 11) is 0. The van der Waals surface area contributed by atoms with E-state index in [9.17, 15) is 0 Å². The summed E-state index contributed by atoms with van der Waals surface area (Å²) in [4.78, 5) is 2.37. The molecule has 3 aliphatic carbocycles. The highest BCUT2D eigenvalue weighted by Crippen LogP contribution is 2.53. The Kier molecular flexibility index (Phi) is 11.4. The zero-order valence-electron chi connectivity index (χ0n) is 32.5. The standard InChI is InChI=1S/C55H51N/c1-7-22-42(44-33-34-53-45(37-44)32-31-43-23-18-20-29-52(43)53)35-36-56(40(6)51(11-5)41(8-2)9-3)50(10-4)39-49-38-46-24-19-21-30-54(46)55(49,47-25-14-12-15-26-47)48-27-16-13-17-28-48/h7-35,37-38,43,50,52H,2-6,36,39H2,1H3/b22-7-,42-35+. The molecule has 0 heterocycles. The molecule has 0 spiro atoms. The van der Waals surface area contributed by atoms with Crippen molar-refractivity contribution < 1.29 is 0 Å². The van der Waals surface area contributed by atoms with E-state index in [2.05, 4.69) is 208 Å². The molecule has 1 heteroatoms. The molecule has 4 aromatic rings. The molecule has 56 heavy (non-hydrogen) atoms. The van der Waals surface area contributed by atoms with Gasteiger partial charge in [0.25, 0.3) is 0 Å². The number of allylic oxidation sites excluding steroid dienone is 12. The fraction of sp³-hybridized carbons (Fsp3) is 0.127. The summed E-state index contributed by atoms with van der Waals surface area (Å²) in [6.07, 6.45) is 30.9. The lowest BCUT2D eigenvalue weighted by Gasteiger charge is -2.40. The molecule has 1 nitrogen and oxygen atoms in total. The van der Waals surface area contributed by atoms with Crippen LogP contribution in [0.25, 0.3) is 17.7 Å². The highest BCUT2D eigenvalue weighted by atomic mass is 15.2. The number of hydrogen-bond donors (Lipinski definition) is 0. The second kappa shape index (κ2) is 16.9. The van der Waals surface area contributed by atoms with Gasteiger partial charge in [0, 0.05) is 29.7 Å². The van der Waals surface area contributed by atoms with Crippen molar-refractivity contribution in [2.75, 3.05) is 6.54 Å². The number of fused-ring (bicyclic) bond motifs is 4. The fourth-order valence-corrected chi connectivity index (χ4v) is 8.92. The van der Waals surface area contributed by atoms with Crippen LogP contribution in [-0.4, -0.2) is 17.5 Å². The number of benzene rings is 4. The third-order valence-corrected chi connectivity index (χ3v) is 11.6. The van der Waals surface area contributed by atoms with Crippen molar-refractivity contribution in [3.8, 4) is 0 Å². The van der Waals surface area contributed by atoms with Gasteiger partial charge >= 0.3 is 0 Å². The average molecular weight is 726 g/mol. The van der Waals surface area contributed by atoms with E-state index in [0.29, 0.717) is 24.8 Å². The smallest absolute Gasteiger partial charge is 0.0671 e. The van der Waals surface area contributed by atoms with E-state index < -0.39 is 5.41 Å². The molecule has 0 bridgehead atoms. The van der Waals surface area contributed by atoms with E-state index in [0.717, 1.165) is 22.4 Å². The van der Waals surface area contributed by atoms with Crippen LogP contribution in [0.2, 0.25) is 0 Å². The highest BCUT2D eigenvalue weighted by molar-refractivity contribution is 5.78. The molecule has 3 atom stereocenters. The number of rotatable bonds is 15. The zero-order chi connectivity index (χ0) is 39.1. The molecular weight excluding hydrogens is 675 g/mol. The Hall–Kier alpha value is -6.44. The maximum absolute atomic E-state index is 4.74. The topological polar surface area (TPSA) is 3.24 Å². The van der Waals surface area contributed by atoms with Gasteiger partial charge in [-0.1, -0.05) is 208 Å². The maximum Gasteiger partial charge on any atom is 0.0671 e. The third-order valence-electron chi connectivity index (χ3n) is 11.6. The van der Waals surface area contributed by atoms with E-state index in [1.54, 1.807) is 0 Å². The molecule has 3 unspecified atom stereocenters. The molecule has 0 saturated carbocycles. The van der Waals surface area contributed by atoms with Gasteiger partial charge in [-0.3, -0.25) is 0 Å². The summed E-state index contributed by atoms with van der Waals surface area (Å²) in [5.41, 5.74) is 13.4. The molecule has 0 amide bonds. The average Bonchev–Trinajstić information content (AvgIpc) is 3.59. The van der Waals surface area contributed by atoms with Crippen LogP contribution in [0.3, 0.4) is 0 Å². The van der Waals surface area contributed by atoms with E-state index in [-0.39, 0.29) is 6.04 Å². The Bertz CT molecular complexity index is 2320. The van der Waals surface area contributed by atoms with Crippen LogP contribution in [0, 0.1) is 5.92 Å². The van der Waals surface area contributed by atoms with Gasteiger partial charge in [0.15, 0.2) is 0 Å². The first-order valence-electron chi connectivity index (χ1n) is 19.6. The Morgan fingerprint density at radius 3 is 2.11 bits per heavy atom. The lowest BCUT2D eigenvalue weighted by atomic mass is 9.65. The highest BCUT2D eigenvalue weighted by Gasteiger charge is 2.45. The van der Waals surface area contributed by atoms with Gasteiger partial charge in [0.1, 0.15) is 0 Å². The first-order valence-corrected chi connectivity index (χ1v) is 19.6. The van der Waals surface area contributed by atoms with Crippen molar-refractivity contribution in [2.24, 2.45) is 5.92 Å². The van der Waals surface area contributed by atoms with Gasteiger partial charge in [-0.25, -0.2) is 0 Å². The van der Waals surface area contributed by atoms with Crippen molar-refractivity contribution >= 4 is 17.7 Å². The van der Waals surface area contributed by atoms with Crippen LogP contribution < -0.4 is 0 Å². The predicted octanol–water partition coefficient (Wildman–Crippen LogP) is 13.5. The van der Waals surface area contributed by atoms with E-state index in [1.807, 2.05) is 18.2 Å². The van der Waals surface area contributed by atoms with Crippen LogP contribution in [0.4, 0.5) is 0 Å². The predicted molar refractivity (Wildman–Crippen MR) is 242 cm³/mol. The molecule has 4 aromatic carbocycles. The summed E-state index contributed by atoms with van der Waals surface area (Å²) < 4.78 is 0. The molecule has 0 fully saturated rings. The third kappa shape index (κ3) is 6.98.